The molecule has 86 valence electrons. The summed E-state index contributed by atoms with van der Waals surface area (Å²) in [6.45, 7) is 0.782. The highest BCUT2D eigenvalue weighted by atomic mass is 35.5. The second-order valence-electron chi connectivity index (χ2n) is 4.16. The van der Waals surface area contributed by atoms with Crippen LogP contribution < -0.4 is 0 Å². The van der Waals surface area contributed by atoms with Crippen LogP contribution in [0.4, 0.5) is 0 Å². The average Bonchev–Trinajstić information content (AvgIpc) is 2.71. The molecule has 1 aromatic carbocycles. The second-order valence-corrected chi connectivity index (χ2v) is 4.56. The molecule has 0 spiro atoms. The van der Waals surface area contributed by atoms with Crippen molar-refractivity contribution in [1.29, 1.82) is 0 Å². The van der Waals surface area contributed by atoms with Crippen molar-refractivity contribution in [1.82, 2.24) is 0 Å². The summed E-state index contributed by atoms with van der Waals surface area (Å²) in [5.41, 5.74) is 0.0717. The highest BCUT2D eigenvalue weighted by Gasteiger charge is 2.42. The SMILES string of the molecule is O=C(O)C1(Cc2ccccc2Cl)CCOC1. The van der Waals surface area contributed by atoms with E-state index in [1.807, 2.05) is 18.2 Å². The normalized spacial score (nSPS) is 24.6. The topological polar surface area (TPSA) is 46.5 Å². The number of rotatable bonds is 3. The largest absolute Gasteiger partial charge is 0.481 e. The minimum Gasteiger partial charge on any atom is -0.481 e. The Labute approximate surface area is 99.0 Å². The first kappa shape index (κ1) is 11.4. The zero-order valence-electron chi connectivity index (χ0n) is 8.78. The molecule has 0 bridgehead atoms. The Morgan fingerprint density at radius 1 is 1.50 bits per heavy atom. The molecule has 0 amide bonds. The molecular weight excluding hydrogens is 228 g/mol. The smallest absolute Gasteiger partial charge is 0.312 e. The molecule has 16 heavy (non-hydrogen) atoms. The molecule has 1 N–H and O–H groups in total. The van der Waals surface area contributed by atoms with E-state index in [2.05, 4.69) is 0 Å². The maximum Gasteiger partial charge on any atom is 0.312 e. The van der Waals surface area contributed by atoms with Crippen molar-refractivity contribution in [3.63, 3.8) is 0 Å². The summed E-state index contributed by atoms with van der Waals surface area (Å²) >= 11 is 6.04. The van der Waals surface area contributed by atoms with E-state index in [4.69, 9.17) is 16.3 Å². The molecule has 0 aliphatic carbocycles. The highest BCUT2D eigenvalue weighted by molar-refractivity contribution is 6.31. The quantitative estimate of drug-likeness (QED) is 0.882. The van der Waals surface area contributed by atoms with Crippen LogP contribution in [0.1, 0.15) is 12.0 Å². The summed E-state index contributed by atoms with van der Waals surface area (Å²) in [6, 6.07) is 7.35. The standard InChI is InChI=1S/C12H13ClO3/c13-10-4-2-1-3-9(10)7-12(11(14)15)5-6-16-8-12/h1-4H,5-8H2,(H,14,15). The number of benzene rings is 1. The lowest BCUT2D eigenvalue weighted by Crippen LogP contribution is -2.33. The third kappa shape index (κ3) is 2.06. The number of ether oxygens (including phenoxy) is 1. The number of aliphatic carboxylic acids is 1. The first-order valence-electron chi connectivity index (χ1n) is 5.19. The lowest BCUT2D eigenvalue weighted by atomic mass is 9.81. The number of carbonyl (C=O) groups is 1. The molecule has 3 nitrogen and oxygen atoms in total. The van der Waals surface area contributed by atoms with E-state index in [1.165, 1.54) is 0 Å². The summed E-state index contributed by atoms with van der Waals surface area (Å²) in [6.07, 6.45) is 0.982. The summed E-state index contributed by atoms with van der Waals surface area (Å²) in [5, 5.41) is 9.91. The van der Waals surface area contributed by atoms with Crippen LogP contribution in [0.25, 0.3) is 0 Å². The maximum atomic E-state index is 11.3. The van der Waals surface area contributed by atoms with Crippen LogP contribution in [0.2, 0.25) is 5.02 Å². The fourth-order valence-corrected chi connectivity index (χ4v) is 2.20. The molecule has 0 aromatic heterocycles. The van der Waals surface area contributed by atoms with E-state index in [0.29, 0.717) is 24.5 Å². The fraction of sp³-hybridized carbons (Fsp3) is 0.417. The monoisotopic (exact) mass is 240 g/mol. The summed E-state index contributed by atoms with van der Waals surface area (Å²) in [4.78, 5) is 11.3. The molecule has 1 saturated heterocycles. The summed E-state index contributed by atoms with van der Waals surface area (Å²) in [7, 11) is 0. The molecule has 0 saturated carbocycles. The number of halogens is 1. The van der Waals surface area contributed by atoms with Gasteiger partial charge in [0.2, 0.25) is 0 Å². The lowest BCUT2D eigenvalue weighted by Gasteiger charge is -2.22. The van der Waals surface area contributed by atoms with E-state index in [0.717, 1.165) is 5.56 Å². The van der Waals surface area contributed by atoms with E-state index in [-0.39, 0.29) is 6.61 Å². The van der Waals surface area contributed by atoms with Gasteiger partial charge in [-0.2, -0.15) is 0 Å². The van der Waals surface area contributed by atoms with Gasteiger partial charge in [0.1, 0.15) is 0 Å². The minimum atomic E-state index is -0.801. The zero-order valence-corrected chi connectivity index (χ0v) is 9.54. The number of carboxylic acid groups (broad SMARTS) is 1. The van der Waals surface area contributed by atoms with Gasteiger partial charge in [-0.25, -0.2) is 0 Å². The molecule has 0 radical (unpaired) electrons. The lowest BCUT2D eigenvalue weighted by molar-refractivity contribution is -0.148. The molecule has 1 aliphatic rings. The third-order valence-corrected chi connectivity index (χ3v) is 3.41. The Hall–Kier alpha value is -1.06. The van der Waals surface area contributed by atoms with Gasteiger partial charge in [-0.1, -0.05) is 29.8 Å². The zero-order chi connectivity index (χ0) is 11.6. The van der Waals surface area contributed by atoms with Gasteiger partial charge < -0.3 is 9.84 Å². The van der Waals surface area contributed by atoms with Crippen LogP contribution >= 0.6 is 11.6 Å². The maximum absolute atomic E-state index is 11.3. The number of hydrogen-bond acceptors (Lipinski definition) is 2. The highest BCUT2D eigenvalue weighted by Crippen LogP contribution is 2.34. The molecule has 4 heteroatoms. The van der Waals surface area contributed by atoms with Crippen LogP contribution in [-0.4, -0.2) is 24.3 Å². The molecule has 1 aliphatic heterocycles. The van der Waals surface area contributed by atoms with Crippen molar-refractivity contribution in [3.05, 3.63) is 34.9 Å². The van der Waals surface area contributed by atoms with Crippen molar-refractivity contribution >= 4 is 17.6 Å². The van der Waals surface area contributed by atoms with Crippen LogP contribution in [-0.2, 0) is 16.0 Å². The number of hydrogen-bond donors (Lipinski definition) is 1. The fourth-order valence-electron chi connectivity index (χ4n) is 2.00. The van der Waals surface area contributed by atoms with E-state index < -0.39 is 11.4 Å². The van der Waals surface area contributed by atoms with Gasteiger partial charge in [-0.3, -0.25) is 4.79 Å². The Bertz CT molecular complexity index is 397. The van der Waals surface area contributed by atoms with Gasteiger partial charge in [-0.05, 0) is 24.5 Å². The van der Waals surface area contributed by atoms with Crippen molar-refractivity contribution in [2.24, 2.45) is 5.41 Å². The van der Waals surface area contributed by atoms with Crippen LogP contribution in [0.5, 0.6) is 0 Å². The average molecular weight is 241 g/mol. The minimum absolute atomic E-state index is 0.271. The predicted octanol–water partition coefficient (Wildman–Crippen LogP) is 2.37. The van der Waals surface area contributed by atoms with Crippen LogP contribution in [0.15, 0.2) is 24.3 Å². The predicted molar refractivity (Wildman–Crippen MR) is 60.7 cm³/mol. The van der Waals surface area contributed by atoms with Crippen molar-refractivity contribution in [2.45, 2.75) is 12.8 Å². The van der Waals surface area contributed by atoms with Gasteiger partial charge in [-0.15, -0.1) is 0 Å². The van der Waals surface area contributed by atoms with Gasteiger partial charge >= 0.3 is 5.97 Å². The Kier molecular flexibility index (Phi) is 3.17. The molecular formula is C12H13ClO3. The van der Waals surface area contributed by atoms with Gasteiger partial charge in [0.15, 0.2) is 0 Å². The first-order valence-corrected chi connectivity index (χ1v) is 5.56. The van der Waals surface area contributed by atoms with Crippen molar-refractivity contribution < 1.29 is 14.6 Å². The summed E-state index contributed by atoms with van der Waals surface area (Å²) in [5.74, 6) is -0.801. The van der Waals surface area contributed by atoms with Crippen molar-refractivity contribution in [2.75, 3.05) is 13.2 Å². The second kappa shape index (κ2) is 4.44. The molecule has 2 rings (SSSR count). The third-order valence-electron chi connectivity index (χ3n) is 3.04. The van der Waals surface area contributed by atoms with E-state index in [9.17, 15) is 9.90 Å². The molecule has 1 atom stereocenters. The van der Waals surface area contributed by atoms with Crippen molar-refractivity contribution in [3.8, 4) is 0 Å². The van der Waals surface area contributed by atoms with E-state index in [1.54, 1.807) is 6.07 Å². The Morgan fingerprint density at radius 3 is 2.81 bits per heavy atom. The van der Waals surface area contributed by atoms with Gasteiger partial charge in [0, 0.05) is 11.6 Å². The van der Waals surface area contributed by atoms with Crippen LogP contribution in [0.3, 0.4) is 0 Å². The molecule has 1 heterocycles. The summed E-state index contributed by atoms with van der Waals surface area (Å²) < 4.78 is 5.21. The van der Waals surface area contributed by atoms with Gasteiger partial charge in [0.25, 0.3) is 0 Å². The molecule has 1 unspecified atom stereocenters. The molecule has 1 aromatic rings. The Balaban J connectivity index is 2.25. The van der Waals surface area contributed by atoms with Crippen LogP contribution in [0, 0.1) is 5.41 Å². The Morgan fingerprint density at radius 2 is 2.25 bits per heavy atom. The first-order chi connectivity index (χ1) is 7.64. The van der Waals surface area contributed by atoms with Gasteiger partial charge in [0.05, 0.1) is 12.0 Å². The number of carboxylic acids is 1. The molecule has 1 fully saturated rings. The van der Waals surface area contributed by atoms with E-state index >= 15 is 0 Å².